The Labute approximate surface area is 402 Å². The smallest absolute Gasteiger partial charge is 0.416 e. The molecule has 6 aromatic rings. The average Bonchev–Trinajstić information content (AvgIpc) is 3.59. The summed E-state index contributed by atoms with van der Waals surface area (Å²) in [5.74, 6) is -2.41. The number of pyridine rings is 1. The van der Waals surface area contributed by atoms with E-state index in [9.17, 15) is 52.0 Å². The minimum absolute atomic E-state index is 0.00645. The number of piperidine rings is 1. The molecule has 1 aromatic heterocycles. The van der Waals surface area contributed by atoms with E-state index in [4.69, 9.17) is 4.74 Å². The first kappa shape index (κ1) is 48.3. The van der Waals surface area contributed by atoms with Gasteiger partial charge in [-0.1, -0.05) is 31.0 Å². The lowest BCUT2D eigenvalue weighted by Gasteiger charge is -2.27. The van der Waals surface area contributed by atoms with E-state index < -0.39 is 47.4 Å². The summed E-state index contributed by atoms with van der Waals surface area (Å²) in [6.45, 7) is 0. The van der Waals surface area contributed by atoms with Gasteiger partial charge in [0.05, 0.1) is 39.1 Å². The van der Waals surface area contributed by atoms with Gasteiger partial charge in [-0.15, -0.1) is 0 Å². The summed E-state index contributed by atoms with van der Waals surface area (Å²) in [4.78, 5) is 94.2. The molecule has 0 bridgehead atoms. The van der Waals surface area contributed by atoms with Crippen molar-refractivity contribution in [1.82, 2.24) is 15.2 Å². The number of rotatable bonds is 16. The quantitative estimate of drug-likeness (QED) is 0.0394. The number of benzene rings is 5. The summed E-state index contributed by atoms with van der Waals surface area (Å²) in [7, 11) is 0. The molecule has 8 amide bonds. The van der Waals surface area contributed by atoms with Gasteiger partial charge in [0.25, 0.3) is 11.8 Å². The van der Waals surface area contributed by atoms with Crippen LogP contribution in [-0.2, 0) is 25.4 Å². The normalized spacial score (nSPS) is 14.3. The minimum Gasteiger partial charge on any atom is -0.457 e. The summed E-state index contributed by atoms with van der Waals surface area (Å²) in [5, 5.41) is 26.6. The van der Waals surface area contributed by atoms with Gasteiger partial charge < -0.3 is 31.3 Å². The first-order valence-corrected chi connectivity index (χ1v) is 22.3. The van der Waals surface area contributed by atoms with E-state index in [0.29, 0.717) is 70.8 Å². The summed E-state index contributed by atoms with van der Waals surface area (Å²) < 4.78 is 45.3. The number of unbranched alkanes of at least 4 members (excludes halogenated alkanes) is 3. The molecule has 8 rings (SSSR count). The van der Waals surface area contributed by atoms with Crippen molar-refractivity contribution in [3.8, 4) is 17.6 Å². The van der Waals surface area contributed by atoms with Crippen LogP contribution in [-0.4, -0.2) is 57.4 Å². The maximum absolute atomic E-state index is 13.3. The number of nitrogens with zero attached hydrogens (tertiary/aromatic N) is 3. The van der Waals surface area contributed by atoms with Crippen LogP contribution in [0.15, 0.2) is 115 Å². The predicted molar refractivity (Wildman–Crippen MR) is 255 cm³/mol. The van der Waals surface area contributed by atoms with Crippen molar-refractivity contribution < 1.29 is 51.5 Å². The maximum Gasteiger partial charge on any atom is 0.416 e. The van der Waals surface area contributed by atoms with Gasteiger partial charge in [-0.05, 0) is 104 Å². The van der Waals surface area contributed by atoms with Gasteiger partial charge in [-0.2, -0.15) is 18.4 Å². The van der Waals surface area contributed by atoms with E-state index in [0.717, 1.165) is 17.0 Å². The number of amides is 8. The summed E-state index contributed by atoms with van der Waals surface area (Å²) in [5.41, 5.74) is 1.97. The number of nitriles is 1. The summed E-state index contributed by atoms with van der Waals surface area (Å²) in [6, 6.07) is 27.4. The summed E-state index contributed by atoms with van der Waals surface area (Å²) >= 11 is 0. The number of alkyl halides is 3. The molecule has 0 saturated carbocycles. The molecule has 6 N–H and O–H groups in total. The molecule has 0 spiro atoms. The molecule has 3 heterocycles. The topological polar surface area (TPSA) is 241 Å². The monoisotopic (exact) mass is 965 g/mol. The fourth-order valence-electron chi connectivity index (χ4n) is 8.06. The third kappa shape index (κ3) is 11.6. The molecule has 360 valence electrons. The molecule has 5 aromatic carbocycles. The molecule has 1 saturated heterocycles. The van der Waals surface area contributed by atoms with Crippen LogP contribution < -0.4 is 36.6 Å². The predicted octanol–water partition coefficient (Wildman–Crippen LogP) is 9.62. The second-order valence-electron chi connectivity index (χ2n) is 16.5. The van der Waals surface area contributed by atoms with Gasteiger partial charge in [0.2, 0.25) is 23.6 Å². The van der Waals surface area contributed by atoms with Crippen LogP contribution in [0.4, 0.5) is 52.1 Å². The highest BCUT2D eigenvalue weighted by atomic mass is 19.4. The van der Waals surface area contributed by atoms with Gasteiger partial charge in [0.1, 0.15) is 23.6 Å². The number of nitrogens with one attached hydrogen (secondary N) is 6. The SMILES string of the molecule is N#Cc1cnc2ccc(NC(=O)CCCCCCC(=O)Nc3cccc4c3C(=O)N(C3CCC(=O)NC3=O)C4=O)cc2c1Nc1ccc(Oc2cccc(NC(=O)Nc3cccc(C(F)(F)F)c3)c2)cc1. The van der Waals surface area contributed by atoms with Crippen molar-refractivity contribution in [2.75, 3.05) is 26.6 Å². The number of fused-ring (bicyclic) bond motifs is 2. The van der Waals surface area contributed by atoms with Crippen molar-refractivity contribution in [2.45, 2.75) is 63.6 Å². The Balaban J connectivity index is 0.800. The molecular formula is C51H42F3N9O8. The number of hydrogen-bond donors (Lipinski definition) is 6. The first-order valence-electron chi connectivity index (χ1n) is 22.3. The van der Waals surface area contributed by atoms with Crippen molar-refractivity contribution in [2.24, 2.45) is 0 Å². The number of ether oxygens (including phenoxy) is 1. The molecule has 2 aliphatic heterocycles. The molecular weight excluding hydrogens is 924 g/mol. The summed E-state index contributed by atoms with van der Waals surface area (Å²) in [6.07, 6.45) is -0.473. The van der Waals surface area contributed by atoms with Crippen molar-refractivity contribution in [3.05, 3.63) is 138 Å². The highest BCUT2D eigenvalue weighted by Crippen LogP contribution is 2.35. The van der Waals surface area contributed by atoms with Crippen LogP contribution in [0.3, 0.4) is 0 Å². The molecule has 17 nitrogen and oxygen atoms in total. The van der Waals surface area contributed by atoms with Gasteiger partial charge in [-0.3, -0.25) is 44.0 Å². The Hall–Kier alpha value is -9.12. The fourth-order valence-corrected chi connectivity index (χ4v) is 8.06. The Morgan fingerprint density at radius 3 is 2.10 bits per heavy atom. The molecule has 20 heteroatoms. The van der Waals surface area contributed by atoms with E-state index in [1.807, 2.05) is 0 Å². The van der Waals surface area contributed by atoms with Crippen LogP contribution in [0.2, 0.25) is 0 Å². The van der Waals surface area contributed by atoms with E-state index in [1.165, 1.54) is 36.5 Å². The molecule has 1 fully saturated rings. The number of anilines is 6. The molecule has 0 radical (unpaired) electrons. The number of aromatic nitrogens is 1. The number of halogens is 3. The lowest BCUT2D eigenvalue weighted by atomic mass is 10.0. The van der Waals surface area contributed by atoms with Crippen LogP contribution in [0.25, 0.3) is 10.9 Å². The van der Waals surface area contributed by atoms with Crippen molar-refractivity contribution in [3.63, 3.8) is 0 Å². The maximum atomic E-state index is 13.3. The number of carbonyl (C=O) groups is 7. The zero-order valence-corrected chi connectivity index (χ0v) is 37.4. The fraction of sp³-hybridized carbons (Fsp3) is 0.196. The Bertz CT molecular complexity index is 3160. The van der Waals surface area contributed by atoms with Gasteiger partial charge >= 0.3 is 12.2 Å². The third-order valence-electron chi connectivity index (χ3n) is 11.5. The van der Waals surface area contributed by atoms with Gasteiger partial charge in [-0.25, -0.2) is 4.79 Å². The number of hydrogen-bond acceptors (Lipinski definition) is 11. The van der Waals surface area contributed by atoms with Crippen LogP contribution in [0.1, 0.15) is 83.2 Å². The molecule has 1 atom stereocenters. The lowest BCUT2D eigenvalue weighted by Crippen LogP contribution is -2.54. The first-order chi connectivity index (χ1) is 34.1. The second kappa shape index (κ2) is 21.0. The molecule has 71 heavy (non-hydrogen) atoms. The number of imide groups is 2. The van der Waals surface area contributed by atoms with E-state index in [2.05, 4.69) is 43.0 Å². The largest absolute Gasteiger partial charge is 0.457 e. The number of urea groups is 1. The van der Waals surface area contributed by atoms with E-state index in [1.54, 1.807) is 66.7 Å². The Morgan fingerprint density at radius 1 is 0.732 bits per heavy atom. The Morgan fingerprint density at radius 2 is 1.39 bits per heavy atom. The van der Waals surface area contributed by atoms with Crippen LogP contribution in [0, 0.1) is 11.3 Å². The lowest BCUT2D eigenvalue weighted by molar-refractivity contribution is -0.138. The van der Waals surface area contributed by atoms with Gasteiger partial charge in [0.15, 0.2) is 0 Å². The van der Waals surface area contributed by atoms with E-state index >= 15 is 0 Å². The number of carbonyl (C=O) groups excluding carboxylic acids is 7. The minimum atomic E-state index is -4.56. The third-order valence-corrected chi connectivity index (χ3v) is 11.5. The Kier molecular flexibility index (Phi) is 14.3. The average molecular weight is 966 g/mol. The second-order valence-corrected chi connectivity index (χ2v) is 16.5. The molecule has 1 unspecified atom stereocenters. The van der Waals surface area contributed by atoms with Gasteiger partial charge in [0, 0.05) is 59.7 Å². The van der Waals surface area contributed by atoms with Crippen LogP contribution in [0.5, 0.6) is 11.5 Å². The highest BCUT2D eigenvalue weighted by molar-refractivity contribution is 6.26. The standard InChI is InChI=1S/C51H42F3N9O8/c52-51(53,54)30-8-5-9-32(24-30)59-50(70)60-33-10-6-11-36(25-33)71-35-19-16-31(17-20-35)58-46-29(27-55)28-56-39-21-18-34(26-38(39)46)57-42(64)14-3-1-2-4-15-43(65)61-40-13-7-12-37-45(40)49(69)63(48(37)68)41-22-23-44(66)62-47(41)67/h5-13,16-21,24-26,28,41H,1-4,14-15,22-23H2,(H,56,58)(H,57,64)(H,61,65)(H2,59,60,70)(H,62,66,67). The zero-order chi connectivity index (χ0) is 50.2. The highest BCUT2D eigenvalue weighted by Gasteiger charge is 2.45. The van der Waals surface area contributed by atoms with Crippen LogP contribution >= 0.6 is 0 Å². The zero-order valence-electron chi connectivity index (χ0n) is 37.4. The van der Waals surface area contributed by atoms with Crippen molar-refractivity contribution >= 4 is 86.5 Å². The van der Waals surface area contributed by atoms with Crippen molar-refractivity contribution in [1.29, 1.82) is 5.26 Å². The van der Waals surface area contributed by atoms with E-state index in [-0.39, 0.29) is 65.6 Å². The molecule has 2 aliphatic rings. The molecule has 0 aliphatic carbocycles.